The maximum absolute atomic E-state index is 12.0. The highest BCUT2D eigenvalue weighted by Crippen LogP contribution is 2.39. The SMILES string of the molecule is CC(C)(C)OC(=O)N1CCCC2(C=CC(=O)C2)C1. The molecule has 0 bridgehead atoms. The highest BCUT2D eigenvalue weighted by molar-refractivity contribution is 5.93. The Bertz CT molecular complexity index is 394. The fourth-order valence-electron chi connectivity index (χ4n) is 2.66. The van der Waals surface area contributed by atoms with Gasteiger partial charge < -0.3 is 9.64 Å². The van der Waals surface area contributed by atoms with Crippen molar-refractivity contribution in [3.8, 4) is 0 Å². The quantitative estimate of drug-likeness (QED) is 0.664. The van der Waals surface area contributed by atoms with Crippen molar-refractivity contribution in [3.63, 3.8) is 0 Å². The molecule has 0 N–H and O–H groups in total. The molecule has 1 fully saturated rings. The predicted molar refractivity (Wildman–Crippen MR) is 68.2 cm³/mol. The van der Waals surface area contributed by atoms with Gasteiger partial charge in [0, 0.05) is 24.9 Å². The van der Waals surface area contributed by atoms with Crippen LogP contribution in [0.2, 0.25) is 0 Å². The average Bonchev–Trinajstić information content (AvgIpc) is 2.57. The van der Waals surface area contributed by atoms with Gasteiger partial charge in [-0.15, -0.1) is 0 Å². The van der Waals surface area contributed by atoms with Gasteiger partial charge >= 0.3 is 6.09 Å². The lowest BCUT2D eigenvalue weighted by Gasteiger charge is -2.39. The van der Waals surface area contributed by atoms with Gasteiger partial charge in [-0.3, -0.25) is 4.79 Å². The molecule has 18 heavy (non-hydrogen) atoms. The van der Waals surface area contributed by atoms with Gasteiger partial charge in [-0.05, 0) is 39.7 Å². The Morgan fingerprint density at radius 1 is 1.44 bits per heavy atom. The Morgan fingerprint density at radius 3 is 2.72 bits per heavy atom. The molecular weight excluding hydrogens is 230 g/mol. The van der Waals surface area contributed by atoms with E-state index < -0.39 is 5.60 Å². The highest BCUT2D eigenvalue weighted by atomic mass is 16.6. The fraction of sp³-hybridized carbons (Fsp3) is 0.714. The number of carbonyl (C=O) groups excluding carboxylic acids is 2. The number of amides is 1. The lowest BCUT2D eigenvalue weighted by molar-refractivity contribution is -0.115. The van der Waals surface area contributed by atoms with Gasteiger partial charge in [-0.2, -0.15) is 0 Å². The van der Waals surface area contributed by atoms with E-state index in [0.29, 0.717) is 13.0 Å². The van der Waals surface area contributed by atoms with Crippen LogP contribution in [0.3, 0.4) is 0 Å². The van der Waals surface area contributed by atoms with Gasteiger partial charge in [0.15, 0.2) is 5.78 Å². The molecule has 4 heteroatoms. The van der Waals surface area contributed by atoms with Crippen LogP contribution < -0.4 is 0 Å². The summed E-state index contributed by atoms with van der Waals surface area (Å²) in [5.74, 6) is 0.168. The van der Waals surface area contributed by atoms with Gasteiger partial charge in [0.05, 0.1) is 0 Å². The van der Waals surface area contributed by atoms with Crippen molar-refractivity contribution in [1.82, 2.24) is 4.90 Å². The zero-order chi connectivity index (χ0) is 13.4. The third-order valence-corrected chi connectivity index (χ3v) is 3.41. The molecule has 1 aliphatic heterocycles. The topological polar surface area (TPSA) is 46.6 Å². The van der Waals surface area contributed by atoms with E-state index in [0.717, 1.165) is 19.4 Å². The van der Waals surface area contributed by atoms with Gasteiger partial charge in [0.25, 0.3) is 0 Å². The second-order valence-corrected chi connectivity index (χ2v) is 6.34. The van der Waals surface area contributed by atoms with Crippen molar-refractivity contribution >= 4 is 11.9 Å². The van der Waals surface area contributed by atoms with E-state index in [-0.39, 0.29) is 17.3 Å². The molecule has 0 radical (unpaired) electrons. The van der Waals surface area contributed by atoms with Crippen LogP contribution in [0.5, 0.6) is 0 Å². The van der Waals surface area contributed by atoms with Crippen LogP contribution in [-0.4, -0.2) is 35.5 Å². The minimum atomic E-state index is -0.469. The van der Waals surface area contributed by atoms with Crippen molar-refractivity contribution in [3.05, 3.63) is 12.2 Å². The molecule has 2 rings (SSSR count). The Morgan fingerprint density at radius 2 is 2.17 bits per heavy atom. The highest BCUT2D eigenvalue weighted by Gasteiger charge is 2.40. The third-order valence-electron chi connectivity index (χ3n) is 3.41. The number of likely N-dealkylation sites (tertiary alicyclic amines) is 1. The zero-order valence-electron chi connectivity index (χ0n) is 11.4. The Labute approximate surface area is 108 Å². The molecule has 4 nitrogen and oxygen atoms in total. The van der Waals surface area contributed by atoms with Crippen molar-refractivity contribution < 1.29 is 14.3 Å². The Hall–Kier alpha value is -1.32. The summed E-state index contributed by atoms with van der Waals surface area (Å²) in [6, 6.07) is 0. The van der Waals surface area contributed by atoms with Gasteiger partial charge in [0.1, 0.15) is 5.60 Å². The molecule has 0 aromatic rings. The van der Waals surface area contributed by atoms with E-state index in [1.165, 1.54) is 0 Å². The van der Waals surface area contributed by atoms with Gasteiger partial charge in [0.2, 0.25) is 0 Å². The van der Waals surface area contributed by atoms with Crippen molar-refractivity contribution in [2.75, 3.05) is 13.1 Å². The maximum Gasteiger partial charge on any atom is 0.410 e. The van der Waals surface area contributed by atoms with Crippen LogP contribution in [0, 0.1) is 5.41 Å². The summed E-state index contributed by atoms with van der Waals surface area (Å²) < 4.78 is 5.38. The van der Waals surface area contributed by atoms with Gasteiger partial charge in [-0.25, -0.2) is 4.79 Å². The summed E-state index contributed by atoms with van der Waals surface area (Å²) in [4.78, 5) is 25.2. The first-order valence-electron chi connectivity index (χ1n) is 6.50. The number of ether oxygens (including phenoxy) is 1. The smallest absolute Gasteiger partial charge is 0.410 e. The minimum absolute atomic E-state index is 0.133. The third kappa shape index (κ3) is 2.92. The molecule has 1 aliphatic carbocycles. The molecule has 0 saturated carbocycles. The summed E-state index contributed by atoms with van der Waals surface area (Å²) >= 11 is 0. The summed E-state index contributed by atoms with van der Waals surface area (Å²) in [6.45, 7) is 6.92. The van der Waals surface area contributed by atoms with Crippen LogP contribution in [-0.2, 0) is 9.53 Å². The molecule has 1 unspecified atom stereocenters. The molecule has 2 aliphatic rings. The number of nitrogens with zero attached hydrogens (tertiary/aromatic N) is 1. The van der Waals surface area contributed by atoms with Gasteiger partial charge in [-0.1, -0.05) is 6.08 Å². The minimum Gasteiger partial charge on any atom is -0.444 e. The second-order valence-electron chi connectivity index (χ2n) is 6.34. The summed E-state index contributed by atoms with van der Waals surface area (Å²) in [5.41, 5.74) is -0.602. The standard InChI is InChI=1S/C14H21NO3/c1-13(2,3)18-12(17)15-8-4-6-14(10-15)7-5-11(16)9-14/h5,7H,4,6,8-10H2,1-3H3. The van der Waals surface area contributed by atoms with Crippen molar-refractivity contribution in [1.29, 1.82) is 0 Å². The summed E-state index contributed by atoms with van der Waals surface area (Å²) in [6.07, 6.45) is 5.80. The second kappa shape index (κ2) is 4.41. The van der Waals surface area contributed by atoms with E-state index in [4.69, 9.17) is 4.74 Å². The largest absolute Gasteiger partial charge is 0.444 e. The number of rotatable bonds is 0. The van der Waals surface area contributed by atoms with E-state index in [1.54, 1.807) is 11.0 Å². The molecular formula is C14H21NO3. The number of allylic oxidation sites excluding steroid dienone is 1. The molecule has 1 heterocycles. The lowest BCUT2D eigenvalue weighted by atomic mass is 9.79. The van der Waals surface area contributed by atoms with E-state index in [1.807, 2.05) is 26.8 Å². The Balaban J connectivity index is 2.01. The predicted octanol–water partition coefficient (Wildman–Crippen LogP) is 2.53. The molecule has 1 atom stereocenters. The molecule has 1 saturated heterocycles. The normalized spacial score (nSPS) is 27.9. The monoisotopic (exact) mass is 251 g/mol. The van der Waals surface area contributed by atoms with Crippen LogP contribution in [0.25, 0.3) is 0 Å². The van der Waals surface area contributed by atoms with Crippen LogP contribution in [0.15, 0.2) is 12.2 Å². The summed E-state index contributed by atoms with van der Waals surface area (Å²) in [5, 5.41) is 0. The first-order valence-corrected chi connectivity index (χ1v) is 6.50. The van der Waals surface area contributed by atoms with Crippen LogP contribution in [0.1, 0.15) is 40.0 Å². The van der Waals surface area contributed by atoms with Crippen LogP contribution >= 0.6 is 0 Å². The molecule has 0 aromatic carbocycles. The van der Waals surface area contributed by atoms with E-state index in [9.17, 15) is 9.59 Å². The first-order chi connectivity index (χ1) is 8.30. The van der Waals surface area contributed by atoms with E-state index >= 15 is 0 Å². The number of hydrogen-bond acceptors (Lipinski definition) is 3. The number of carbonyl (C=O) groups is 2. The zero-order valence-corrected chi connectivity index (χ0v) is 11.4. The summed E-state index contributed by atoms with van der Waals surface area (Å²) in [7, 11) is 0. The number of hydrogen-bond donors (Lipinski definition) is 0. The molecule has 1 spiro atoms. The van der Waals surface area contributed by atoms with Crippen molar-refractivity contribution in [2.24, 2.45) is 5.41 Å². The number of piperidine rings is 1. The number of ketones is 1. The van der Waals surface area contributed by atoms with Crippen molar-refractivity contribution in [2.45, 2.75) is 45.6 Å². The maximum atomic E-state index is 12.0. The Kier molecular flexibility index (Phi) is 3.21. The lowest BCUT2D eigenvalue weighted by Crippen LogP contribution is -2.46. The molecule has 100 valence electrons. The average molecular weight is 251 g/mol. The first kappa shape index (κ1) is 13.1. The van der Waals surface area contributed by atoms with Crippen LogP contribution in [0.4, 0.5) is 4.79 Å². The molecule has 0 aromatic heterocycles. The fourth-order valence-corrected chi connectivity index (χ4v) is 2.66. The molecule has 1 amide bonds. The van der Waals surface area contributed by atoms with E-state index in [2.05, 4.69) is 0 Å².